The number of benzene rings is 4. The van der Waals surface area contributed by atoms with Gasteiger partial charge in [0, 0.05) is 78.7 Å². The Labute approximate surface area is 712 Å². The number of nitrogens with zero attached hydrogens (tertiary/aromatic N) is 3. The van der Waals surface area contributed by atoms with Gasteiger partial charge in [-0.2, -0.15) is 0 Å². The fourth-order valence-corrected chi connectivity index (χ4v) is 15.4. The van der Waals surface area contributed by atoms with Crippen molar-refractivity contribution in [3.8, 4) is 5.75 Å². The number of carboxylic acids is 5. The van der Waals surface area contributed by atoms with Gasteiger partial charge >= 0.3 is 29.8 Å². The van der Waals surface area contributed by atoms with E-state index in [1.165, 1.54) is 29.2 Å². The lowest BCUT2D eigenvalue weighted by Gasteiger charge is -2.39. The average Bonchev–Trinajstić information content (AvgIpc) is 1.61. The SMILES string of the molecule is C[C@@H](O)[C@H](NC(=O)C1CSSCC(NC(=O)C(Cc2ccccc2)NC(=O)CC(=O)CNNCC(=O)NC(=S)Nc2ccc(C[C@H](CN(CC(=O)O)CC(=O)O)N(COO)[C@@H](C)CN(CC(=O)O)CC(=O)O)cc2)C(=O)N[C@@H](Cc2ccc(O)cc2)C(=O)N[C@@H](Cc2c[nH]c3ccccc23)C(=O)N[C@@H](CCCCN)C(=O)N[C@@H]([C@@H](C)O)C(=O)N1)C(=O)O. The number of ketones is 1. The monoisotopic (exact) mass is 1760 g/mol. The van der Waals surface area contributed by atoms with Gasteiger partial charge in [-0.3, -0.25) is 87.1 Å². The molecule has 3 unspecified atom stereocenters. The number of hydrogen-bond donors (Lipinski definition) is 23. The minimum Gasteiger partial charge on any atom is -0.508 e. The number of unbranched alkanes of at least 4 members (excludes halogenated alkanes) is 1. The maximum Gasteiger partial charge on any atom is 0.328 e. The number of phenolic OH excluding ortho intramolecular Hbond substituents is 1. The number of hydrazine groups is 1. The molecule has 45 heteroatoms. The second kappa shape index (κ2) is 50.8. The molecule has 9 amide bonds. The zero-order chi connectivity index (χ0) is 89.7. The number of thiocarbonyl (C=S) groups is 1. The molecule has 0 bridgehead atoms. The number of H-pyrrole nitrogens is 1. The Morgan fingerprint density at radius 2 is 1.18 bits per heavy atom. The van der Waals surface area contributed by atoms with E-state index in [1.807, 2.05) is 0 Å². The molecule has 0 radical (unpaired) electrons. The molecule has 42 nitrogen and oxygen atoms in total. The summed E-state index contributed by atoms with van der Waals surface area (Å²) in [7, 11) is 1.59. The van der Waals surface area contributed by atoms with Crippen molar-refractivity contribution >= 4 is 144 Å². The van der Waals surface area contributed by atoms with Gasteiger partial charge in [-0.1, -0.05) is 94.4 Å². The normalized spacial score (nSPS) is 18.5. The van der Waals surface area contributed by atoms with Gasteiger partial charge in [-0.15, -0.1) is 0 Å². The fourth-order valence-electron chi connectivity index (χ4n) is 12.9. The van der Waals surface area contributed by atoms with Crippen molar-refractivity contribution in [2.75, 3.05) is 82.5 Å². The summed E-state index contributed by atoms with van der Waals surface area (Å²) in [4.78, 5) is 214. The third-order valence-electron chi connectivity index (χ3n) is 18.8. The summed E-state index contributed by atoms with van der Waals surface area (Å²) in [6.45, 7) is -0.950. The third-order valence-corrected chi connectivity index (χ3v) is 21.4. The number of aromatic amines is 1. The number of nitrogens with one attached hydrogen (secondary N) is 13. The van der Waals surface area contributed by atoms with E-state index in [4.69, 9.17) is 18.0 Å². The first-order valence-electron chi connectivity index (χ1n) is 38.3. The van der Waals surface area contributed by atoms with Crippen LogP contribution in [0.15, 0.2) is 109 Å². The van der Waals surface area contributed by atoms with Gasteiger partial charge in [0.15, 0.2) is 16.9 Å². The van der Waals surface area contributed by atoms with Crippen molar-refractivity contribution in [3.63, 3.8) is 0 Å². The molecule has 1 aliphatic heterocycles. The number of para-hydroxylation sites is 1. The number of fused-ring (bicyclic) bond motifs is 1. The highest BCUT2D eigenvalue weighted by atomic mass is 33.1. The Hall–Kier alpha value is -11.3. The zero-order valence-corrected chi connectivity index (χ0v) is 69.1. The summed E-state index contributed by atoms with van der Waals surface area (Å²) in [5.74, 6) is -18.0. The number of aromatic hydroxyl groups is 1. The first-order chi connectivity index (χ1) is 58.0. The summed E-state index contributed by atoms with van der Waals surface area (Å²) in [5, 5.41) is 116. The van der Waals surface area contributed by atoms with Crippen LogP contribution in [0.25, 0.3) is 10.9 Å². The van der Waals surface area contributed by atoms with Crippen molar-refractivity contribution in [3.05, 3.63) is 132 Å². The number of nitrogens with two attached hydrogens (primary N) is 1. The molecule has 12 atom stereocenters. The van der Waals surface area contributed by atoms with Gasteiger partial charge in [-0.25, -0.2) is 20.5 Å². The molecule has 2 heterocycles. The molecule has 6 rings (SSSR count). The van der Waals surface area contributed by atoms with Crippen LogP contribution in [0.2, 0.25) is 0 Å². The summed E-state index contributed by atoms with van der Waals surface area (Å²) >= 11 is 5.36. The van der Waals surface area contributed by atoms with Crippen molar-refractivity contribution < 1.29 is 123 Å². The van der Waals surface area contributed by atoms with Crippen LogP contribution in [0.3, 0.4) is 0 Å². The highest BCUT2D eigenvalue weighted by Crippen LogP contribution is 2.26. The second-order valence-electron chi connectivity index (χ2n) is 28.7. The number of aliphatic carboxylic acids is 5. The first-order valence-corrected chi connectivity index (χ1v) is 41.2. The van der Waals surface area contributed by atoms with Gasteiger partial charge in [0.05, 0.1) is 57.9 Å². The summed E-state index contributed by atoms with van der Waals surface area (Å²) in [5.41, 5.74) is 13.8. The topological polar surface area (TPSA) is 643 Å². The molecule has 122 heavy (non-hydrogen) atoms. The molecule has 4 aromatic carbocycles. The number of rotatable bonds is 44. The van der Waals surface area contributed by atoms with Crippen LogP contribution >= 0.6 is 33.8 Å². The first kappa shape index (κ1) is 99.5. The molecule has 5 aromatic rings. The van der Waals surface area contributed by atoms with Crippen LogP contribution < -0.4 is 69.8 Å². The van der Waals surface area contributed by atoms with E-state index in [9.17, 15) is 108 Å². The van der Waals surface area contributed by atoms with E-state index < -0.39 is 225 Å². The second-order valence-corrected chi connectivity index (χ2v) is 31.7. The number of hydrogen-bond acceptors (Lipinski definition) is 29. The summed E-state index contributed by atoms with van der Waals surface area (Å²) in [6, 6.07) is 11.9. The molecule has 1 aromatic heterocycles. The minimum atomic E-state index is -1.93. The highest BCUT2D eigenvalue weighted by molar-refractivity contribution is 8.76. The fraction of sp³-hybridized carbons (Fsp3) is 0.455. The number of carboxylic acid groups (broad SMARTS) is 5. The van der Waals surface area contributed by atoms with Crippen LogP contribution in [0.4, 0.5) is 5.69 Å². The summed E-state index contributed by atoms with van der Waals surface area (Å²) < 4.78 is 0. The Morgan fingerprint density at radius 3 is 1.79 bits per heavy atom. The summed E-state index contributed by atoms with van der Waals surface area (Å²) in [6.07, 6.45) is -3.02. The van der Waals surface area contributed by atoms with Crippen LogP contribution in [0, 0.1) is 0 Å². The molecule has 1 fully saturated rings. The lowest BCUT2D eigenvalue weighted by Crippen LogP contribution is -2.62. The third kappa shape index (κ3) is 34.6. The molecule has 1 saturated heterocycles. The molecular formula is C77H103N17O25S3. The molecule has 1 aliphatic rings. The number of aromatic nitrogens is 1. The van der Waals surface area contributed by atoms with Crippen LogP contribution in [-0.2, 0) is 102 Å². The Kier molecular flexibility index (Phi) is 41.4. The van der Waals surface area contributed by atoms with Gasteiger partial charge in [0.2, 0.25) is 53.2 Å². The van der Waals surface area contributed by atoms with Crippen molar-refractivity contribution in [1.82, 2.24) is 78.4 Å². The number of aliphatic hydroxyl groups is 2. The smallest absolute Gasteiger partial charge is 0.328 e. The lowest BCUT2D eigenvalue weighted by molar-refractivity contribution is -0.277. The van der Waals surface area contributed by atoms with E-state index in [0.717, 1.165) is 45.2 Å². The number of phenols is 1. The van der Waals surface area contributed by atoms with Gasteiger partial charge in [0.1, 0.15) is 54.8 Å². The minimum absolute atomic E-state index is 0.0235. The van der Waals surface area contributed by atoms with Crippen molar-refractivity contribution in [2.45, 2.75) is 145 Å². The Bertz CT molecular complexity index is 4390. The number of anilines is 1. The van der Waals surface area contributed by atoms with Crippen LogP contribution in [0.5, 0.6) is 5.75 Å². The van der Waals surface area contributed by atoms with Crippen molar-refractivity contribution in [1.29, 1.82) is 0 Å². The van der Waals surface area contributed by atoms with Gasteiger partial charge < -0.3 is 105 Å². The highest BCUT2D eigenvalue weighted by Gasteiger charge is 2.39. The molecule has 0 spiro atoms. The molecule has 664 valence electrons. The predicted octanol–water partition coefficient (Wildman–Crippen LogP) is -3.29. The maximum atomic E-state index is 15.2. The molecule has 0 saturated carbocycles. The van der Waals surface area contributed by atoms with E-state index in [1.54, 1.807) is 92.0 Å². The molecule has 24 N–H and O–H groups in total. The van der Waals surface area contributed by atoms with Crippen LogP contribution in [-0.4, -0.2) is 309 Å². The number of amides is 9. The largest absolute Gasteiger partial charge is 0.508 e. The van der Waals surface area contributed by atoms with E-state index in [-0.39, 0.29) is 69.0 Å². The lowest BCUT2D eigenvalue weighted by atomic mass is 10.0. The molecule has 0 aliphatic carbocycles. The standard InChI is InChI=1S/C77H103N17O25S3/c1-42(33-92(35-63(101)102)36-64(103)104)94(41-119-118)50(34-93(37-65(105)106)38-66(107)108)25-46-16-20-49(21-17-46)82-77(120)89-62(100)32-81-80-31-52(98)29-61(99)83-56(26-45-11-5-4-6-12-45)70(110)87-59-39-121-122-40-60(74(114)91-68(44(3)96)76(116)117)88-75(115)67(43(2)95)90-69(109)55(15-9-10-24-78)84-72(112)58(28-48-30-79-54-14-8-7-13-53(48)54)86-71(111)57(85-73(59)113)27-47-18-22-51(97)23-19-47/h4-8,11-14,16-23,30,42-44,50,55-60,67-68,79-81,95-97,118H,9-10,15,24-29,31-41,78H2,1-3H3,(H,83,99)(H,84,112)(H,85,113)(H,86,111)(H,87,110)(H,88,115)(H,90,109)(H,91,114)(H,101,102)(H,103,104)(H,105,106)(H,107,108)(H,116,117)(H2,82,89,100,120)/t42-,43+,44+,50+,55-,56?,57-,58-,59?,60?,67-,68-/m0/s1. The van der Waals surface area contributed by atoms with Gasteiger partial charge in [-0.05, 0) is 118 Å². The van der Waals surface area contributed by atoms with Crippen LogP contribution in [0.1, 0.15) is 68.7 Å². The maximum absolute atomic E-state index is 15.2. The van der Waals surface area contributed by atoms with E-state index >= 15 is 9.59 Å². The van der Waals surface area contributed by atoms with Gasteiger partial charge in [0.25, 0.3) is 0 Å². The number of carbonyl (C=O) groups excluding carboxylic acids is 10. The zero-order valence-electron chi connectivity index (χ0n) is 66.7. The van der Waals surface area contributed by atoms with E-state index in [2.05, 4.69) is 73.9 Å². The Morgan fingerprint density at radius 1 is 0.615 bits per heavy atom. The predicted molar refractivity (Wildman–Crippen MR) is 445 cm³/mol. The number of aliphatic hydroxyl groups excluding tert-OH is 2. The molecular weight excluding hydrogens is 1660 g/mol. The number of carbonyl (C=O) groups is 15. The quantitative estimate of drug-likeness (QED) is 0.00346. The Balaban J connectivity index is 1.21. The van der Waals surface area contributed by atoms with E-state index in [0.29, 0.717) is 45.3 Å². The van der Waals surface area contributed by atoms with Crippen molar-refractivity contribution in [2.24, 2.45) is 5.73 Å². The average molecular weight is 1760 g/mol. The number of Topliss-reactive ketones (excluding diaryl/α,β-unsaturated/α-hetero) is 1.